The van der Waals surface area contributed by atoms with Crippen molar-refractivity contribution in [2.24, 2.45) is 0 Å². The van der Waals surface area contributed by atoms with Crippen molar-refractivity contribution in [3.8, 4) is 0 Å². The molecule has 1 aromatic carbocycles. The first-order valence-electron chi connectivity index (χ1n) is 4.18. The highest BCUT2D eigenvalue weighted by atomic mass is 35.5. The average molecular weight is 249 g/mol. The zero-order valence-corrected chi connectivity index (χ0v) is 8.92. The molecule has 1 rings (SSSR count). The number of carbonyl (C=O) groups is 2. The number of benzene rings is 1. The maximum atomic E-state index is 13.2. The van der Waals surface area contributed by atoms with Gasteiger partial charge in [0.15, 0.2) is 0 Å². The predicted octanol–water partition coefficient (Wildman–Crippen LogP) is 1.99. The number of methoxy groups -OCH3 is 1. The summed E-state index contributed by atoms with van der Waals surface area (Å²) >= 11 is 5.55. The van der Waals surface area contributed by atoms with E-state index in [1.165, 1.54) is 0 Å². The van der Waals surface area contributed by atoms with Crippen molar-refractivity contribution in [3.63, 3.8) is 0 Å². The van der Waals surface area contributed by atoms with Crippen molar-refractivity contribution in [1.29, 1.82) is 0 Å². The van der Waals surface area contributed by atoms with E-state index in [0.29, 0.717) is 0 Å². The van der Waals surface area contributed by atoms with Crippen LogP contribution in [0, 0.1) is 11.6 Å². The van der Waals surface area contributed by atoms with Crippen molar-refractivity contribution in [1.82, 2.24) is 0 Å². The summed E-state index contributed by atoms with van der Waals surface area (Å²) in [6.45, 7) is 0. The van der Waals surface area contributed by atoms with Crippen LogP contribution >= 0.6 is 11.6 Å². The third-order valence-corrected chi connectivity index (χ3v) is 2.28. The van der Waals surface area contributed by atoms with Gasteiger partial charge in [-0.15, -0.1) is 11.6 Å². The van der Waals surface area contributed by atoms with E-state index in [2.05, 4.69) is 4.74 Å². The molecular formula is C10H7ClF2O3. The highest BCUT2D eigenvalue weighted by Gasteiger charge is 2.28. The number of alkyl halides is 1. The van der Waals surface area contributed by atoms with Crippen LogP contribution in [0.1, 0.15) is 10.9 Å². The van der Waals surface area contributed by atoms with Gasteiger partial charge in [-0.25, -0.2) is 13.6 Å². The SMILES string of the molecule is COC(=O)C(=O)C(Cl)c1cc(F)ccc1F. The van der Waals surface area contributed by atoms with Gasteiger partial charge < -0.3 is 4.74 Å². The van der Waals surface area contributed by atoms with Crippen LogP contribution in [0.3, 0.4) is 0 Å². The summed E-state index contributed by atoms with van der Waals surface area (Å²) in [7, 11) is 0.992. The van der Waals surface area contributed by atoms with E-state index in [0.717, 1.165) is 25.3 Å². The van der Waals surface area contributed by atoms with Gasteiger partial charge in [-0.3, -0.25) is 4.79 Å². The Hall–Kier alpha value is -1.49. The highest BCUT2D eigenvalue weighted by molar-refractivity contribution is 6.47. The van der Waals surface area contributed by atoms with E-state index in [4.69, 9.17) is 11.6 Å². The zero-order chi connectivity index (χ0) is 12.3. The molecule has 6 heteroatoms. The molecule has 1 aromatic rings. The van der Waals surface area contributed by atoms with Crippen molar-refractivity contribution < 1.29 is 23.1 Å². The second-order valence-electron chi connectivity index (χ2n) is 2.88. The molecule has 0 N–H and O–H groups in total. The Bertz CT molecular complexity index is 434. The molecule has 0 spiro atoms. The minimum Gasteiger partial charge on any atom is -0.463 e. The monoisotopic (exact) mass is 248 g/mol. The number of hydrogen-bond donors (Lipinski definition) is 0. The average Bonchev–Trinajstić information content (AvgIpc) is 2.29. The van der Waals surface area contributed by atoms with Gasteiger partial charge in [0.25, 0.3) is 5.78 Å². The van der Waals surface area contributed by atoms with Crippen LogP contribution in [0.25, 0.3) is 0 Å². The molecule has 0 radical (unpaired) electrons. The maximum Gasteiger partial charge on any atom is 0.376 e. The minimum absolute atomic E-state index is 0.392. The fourth-order valence-electron chi connectivity index (χ4n) is 1.05. The molecule has 3 nitrogen and oxygen atoms in total. The second kappa shape index (κ2) is 5.03. The molecule has 0 bridgehead atoms. The lowest BCUT2D eigenvalue weighted by Crippen LogP contribution is -2.21. The van der Waals surface area contributed by atoms with Gasteiger partial charge in [0.1, 0.15) is 17.0 Å². The van der Waals surface area contributed by atoms with Gasteiger partial charge in [0.05, 0.1) is 7.11 Å². The van der Waals surface area contributed by atoms with Crippen molar-refractivity contribution >= 4 is 23.4 Å². The molecule has 0 amide bonds. The Morgan fingerprint density at radius 2 is 2.00 bits per heavy atom. The molecule has 0 fully saturated rings. The number of ether oxygens (including phenoxy) is 1. The van der Waals surface area contributed by atoms with Gasteiger partial charge in [-0.1, -0.05) is 0 Å². The molecule has 0 aliphatic rings. The maximum absolute atomic E-state index is 13.2. The third-order valence-electron chi connectivity index (χ3n) is 1.85. The Kier molecular flexibility index (Phi) is 3.95. The predicted molar refractivity (Wildman–Crippen MR) is 52.0 cm³/mol. The molecule has 1 atom stereocenters. The van der Waals surface area contributed by atoms with Crippen LogP contribution in [0.15, 0.2) is 18.2 Å². The molecule has 0 aliphatic heterocycles. The van der Waals surface area contributed by atoms with Crippen LogP contribution in [0.5, 0.6) is 0 Å². The quantitative estimate of drug-likeness (QED) is 0.467. The number of rotatable bonds is 3. The molecule has 0 aromatic heterocycles. The fraction of sp³-hybridized carbons (Fsp3) is 0.200. The first-order valence-corrected chi connectivity index (χ1v) is 4.62. The Labute approximate surface area is 95.0 Å². The highest BCUT2D eigenvalue weighted by Crippen LogP contribution is 2.25. The van der Waals surface area contributed by atoms with Crippen LogP contribution in [0.2, 0.25) is 0 Å². The van der Waals surface area contributed by atoms with Crippen molar-refractivity contribution in [2.75, 3.05) is 7.11 Å². The molecule has 0 heterocycles. The van der Waals surface area contributed by atoms with Gasteiger partial charge >= 0.3 is 5.97 Å². The number of ketones is 1. The van der Waals surface area contributed by atoms with Gasteiger partial charge in [-0.05, 0) is 18.2 Å². The second-order valence-corrected chi connectivity index (χ2v) is 3.32. The van der Waals surface area contributed by atoms with E-state index in [9.17, 15) is 18.4 Å². The van der Waals surface area contributed by atoms with Gasteiger partial charge in [0.2, 0.25) is 0 Å². The van der Waals surface area contributed by atoms with Crippen LogP contribution < -0.4 is 0 Å². The first-order chi connectivity index (χ1) is 7.47. The van der Waals surface area contributed by atoms with Gasteiger partial charge in [-0.2, -0.15) is 0 Å². The van der Waals surface area contributed by atoms with E-state index >= 15 is 0 Å². The molecule has 0 aliphatic carbocycles. The number of halogens is 3. The Morgan fingerprint density at radius 1 is 1.38 bits per heavy atom. The molecule has 86 valence electrons. The Balaban J connectivity index is 3.04. The number of carbonyl (C=O) groups excluding carboxylic acids is 2. The van der Waals surface area contributed by atoms with Crippen LogP contribution in [-0.2, 0) is 14.3 Å². The van der Waals surface area contributed by atoms with Crippen LogP contribution in [-0.4, -0.2) is 18.9 Å². The lowest BCUT2D eigenvalue weighted by atomic mass is 10.1. The summed E-state index contributed by atoms with van der Waals surface area (Å²) in [4.78, 5) is 22.1. The van der Waals surface area contributed by atoms with E-state index in [1.807, 2.05) is 0 Å². The first kappa shape index (κ1) is 12.6. The Morgan fingerprint density at radius 3 is 2.56 bits per heavy atom. The lowest BCUT2D eigenvalue weighted by Gasteiger charge is -2.08. The van der Waals surface area contributed by atoms with Crippen LogP contribution in [0.4, 0.5) is 8.78 Å². The summed E-state index contributed by atoms with van der Waals surface area (Å²) in [5.74, 6) is -3.96. The van der Waals surface area contributed by atoms with Gasteiger partial charge in [0, 0.05) is 5.56 Å². The summed E-state index contributed by atoms with van der Waals surface area (Å²) in [6, 6.07) is 2.46. The number of esters is 1. The smallest absolute Gasteiger partial charge is 0.376 e. The molecule has 16 heavy (non-hydrogen) atoms. The topological polar surface area (TPSA) is 43.4 Å². The molecule has 1 unspecified atom stereocenters. The largest absolute Gasteiger partial charge is 0.463 e. The molecule has 0 saturated heterocycles. The van der Waals surface area contributed by atoms with E-state index in [1.54, 1.807) is 0 Å². The summed E-state index contributed by atoms with van der Waals surface area (Å²) in [5.41, 5.74) is -0.392. The van der Waals surface area contributed by atoms with Crippen molar-refractivity contribution in [2.45, 2.75) is 5.38 Å². The number of hydrogen-bond acceptors (Lipinski definition) is 3. The lowest BCUT2D eigenvalue weighted by molar-refractivity contribution is -0.151. The third kappa shape index (κ3) is 2.55. The van der Waals surface area contributed by atoms with E-state index in [-0.39, 0.29) is 0 Å². The standard InChI is InChI=1S/C10H7ClF2O3/c1-16-10(15)9(14)8(11)6-4-5(12)2-3-7(6)13/h2-4,8H,1H3. The summed E-state index contributed by atoms with van der Waals surface area (Å²) in [5, 5.41) is -1.59. The van der Waals surface area contributed by atoms with E-state index < -0.39 is 34.3 Å². The molecule has 0 saturated carbocycles. The van der Waals surface area contributed by atoms with Crippen molar-refractivity contribution in [3.05, 3.63) is 35.4 Å². The number of Topliss-reactive ketones (excluding diaryl/α,β-unsaturated/α-hetero) is 1. The zero-order valence-electron chi connectivity index (χ0n) is 8.17. The summed E-state index contributed by atoms with van der Waals surface area (Å²) < 4.78 is 30.1. The molecular weight excluding hydrogens is 242 g/mol. The summed E-state index contributed by atoms with van der Waals surface area (Å²) in [6.07, 6.45) is 0. The minimum atomic E-state index is -1.59. The fourth-order valence-corrected chi connectivity index (χ4v) is 1.31. The normalized spacial score (nSPS) is 12.0.